The molecule has 3 rings (SSSR count). The summed E-state index contributed by atoms with van der Waals surface area (Å²) < 4.78 is 1.82. The molecule has 21 heavy (non-hydrogen) atoms. The molecule has 3 aromatic heterocycles. The van der Waals surface area contributed by atoms with E-state index in [4.69, 9.17) is 10.7 Å². The lowest BCUT2D eigenvalue weighted by molar-refractivity contribution is 0.842. The molecule has 5 nitrogen and oxygen atoms in total. The van der Waals surface area contributed by atoms with Crippen molar-refractivity contribution in [3.05, 3.63) is 46.4 Å². The number of nitrogens with zero attached hydrogens (tertiary/aromatic N) is 4. The molecule has 0 radical (unpaired) electrons. The van der Waals surface area contributed by atoms with Gasteiger partial charge in [0.2, 0.25) is 0 Å². The van der Waals surface area contributed by atoms with Gasteiger partial charge in [0.05, 0.1) is 5.69 Å². The molecule has 0 aliphatic rings. The van der Waals surface area contributed by atoms with Crippen LogP contribution in [0.4, 0.5) is 0 Å². The maximum absolute atomic E-state index is 5.85. The molecule has 108 valence electrons. The van der Waals surface area contributed by atoms with Crippen molar-refractivity contribution in [2.24, 2.45) is 5.73 Å². The van der Waals surface area contributed by atoms with Crippen molar-refractivity contribution in [2.45, 2.75) is 34.2 Å². The Bertz CT molecular complexity index is 832. The van der Waals surface area contributed by atoms with Crippen LogP contribution in [0.25, 0.3) is 16.9 Å². The highest BCUT2D eigenvalue weighted by Gasteiger charge is 2.17. The summed E-state index contributed by atoms with van der Waals surface area (Å²) >= 11 is 0. The summed E-state index contributed by atoms with van der Waals surface area (Å²) in [5, 5.41) is 5.70. The first-order chi connectivity index (χ1) is 10.0. The molecule has 0 atom stereocenters. The van der Waals surface area contributed by atoms with Gasteiger partial charge in [-0.3, -0.25) is 0 Å². The van der Waals surface area contributed by atoms with Crippen LogP contribution in [0, 0.1) is 27.7 Å². The van der Waals surface area contributed by atoms with Gasteiger partial charge in [0.25, 0.3) is 0 Å². The molecule has 2 N–H and O–H groups in total. The van der Waals surface area contributed by atoms with Gasteiger partial charge in [-0.15, -0.1) is 0 Å². The van der Waals surface area contributed by atoms with Crippen molar-refractivity contribution in [1.29, 1.82) is 0 Å². The van der Waals surface area contributed by atoms with Gasteiger partial charge < -0.3 is 5.73 Å². The molecule has 0 amide bonds. The van der Waals surface area contributed by atoms with Gasteiger partial charge in [-0.1, -0.05) is 0 Å². The number of pyridine rings is 2. The van der Waals surface area contributed by atoms with Crippen LogP contribution in [-0.4, -0.2) is 19.7 Å². The lowest BCUT2D eigenvalue weighted by Gasteiger charge is -2.09. The van der Waals surface area contributed by atoms with Crippen molar-refractivity contribution < 1.29 is 0 Å². The Morgan fingerprint density at radius 3 is 2.57 bits per heavy atom. The van der Waals surface area contributed by atoms with Gasteiger partial charge in [-0.2, -0.15) is 9.78 Å². The third-order valence-electron chi connectivity index (χ3n) is 3.90. The van der Waals surface area contributed by atoms with Gasteiger partial charge in [0.15, 0.2) is 11.5 Å². The average molecular weight is 281 g/mol. The molecule has 0 aliphatic carbocycles. The molecule has 3 heterocycles. The summed E-state index contributed by atoms with van der Waals surface area (Å²) in [5.41, 5.74) is 12.0. The summed E-state index contributed by atoms with van der Waals surface area (Å²) in [6, 6.07) is 3.98. The predicted octanol–water partition coefficient (Wildman–Crippen LogP) is 2.51. The van der Waals surface area contributed by atoms with Gasteiger partial charge >= 0.3 is 0 Å². The maximum Gasteiger partial charge on any atom is 0.165 e. The fourth-order valence-corrected chi connectivity index (χ4v) is 2.80. The number of hydrogen-bond acceptors (Lipinski definition) is 4. The molecule has 0 bridgehead atoms. The van der Waals surface area contributed by atoms with Crippen LogP contribution in [0.15, 0.2) is 18.3 Å². The van der Waals surface area contributed by atoms with Crippen LogP contribution in [0.2, 0.25) is 0 Å². The number of aryl methyl sites for hydroxylation is 4. The molecule has 0 aliphatic heterocycles. The van der Waals surface area contributed by atoms with E-state index in [1.807, 2.05) is 37.6 Å². The molecule has 3 aromatic rings. The number of hydrogen-bond donors (Lipinski definition) is 1. The third-order valence-corrected chi connectivity index (χ3v) is 3.90. The SMILES string of the molecule is Cc1ccnc(-n2nc(C)c3c(C)c(CN)c(C)nc32)c1. The number of rotatable bonds is 2. The van der Waals surface area contributed by atoms with E-state index < -0.39 is 0 Å². The highest BCUT2D eigenvalue weighted by Crippen LogP contribution is 2.26. The second-order valence-electron chi connectivity index (χ2n) is 5.39. The van der Waals surface area contributed by atoms with Crippen molar-refractivity contribution >= 4 is 11.0 Å². The van der Waals surface area contributed by atoms with Crippen LogP contribution in [0.3, 0.4) is 0 Å². The standard InChI is InChI=1S/C16H19N5/c1-9-5-6-18-14(7-9)21-16-15(12(4)20-21)10(2)13(8-17)11(3)19-16/h5-7H,8,17H2,1-4H3. The molecular weight excluding hydrogens is 262 g/mol. The molecule has 0 spiro atoms. The highest BCUT2D eigenvalue weighted by molar-refractivity contribution is 5.84. The van der Waals surface area contributed by atoms with E-state index in [9.17, 15) is 0 Å². The van der Waals surface area contributed by atoms with E-state index in [0.29, 0.717) is 6.54 Å². The smallest absolute Gasteiger partial charge is 0.165 e. The predicted molar refractivity (Wildman–Crippen MR) is 83.5 cm³/mol. The fourth-order valence-electron chi connectivity index (χ4n) is 2.80. The second-order valence-corrected chi connectivity index (χ2v) is 5.39. The molecule has 0 saturated carbocycles. The van der Waals surface area contributed by atoms with E-state index in [1.165, 1.54) is 0 Å². The second kappa shape index (κ2) is 4.93. The van der Waals surface area contributed by atoms with E-state index >= 15 is 0 Å². The molecule has 0 aromatic carbocycles. The number of aromatic nitrogens is 4. The van der Waals surface area contributed by atoms with Gasteiger partial charge in [-0.05, 0) is 56.5 Å². The van der Waals surface area contributed by atoms with Crippen molar-refractivity contribution in [3.8, 4) is 5.82 Å². The van der Waals surface area contributed by atoms with E-state index in [0.717, 1.165) is 44.9 Å². The largest absolute Gasteiger partial charge is 0.326 e. The molecule has 0 fully saturated rings. The van der Waals surface area contributed by atoms with E-state index in [-0.39, 0.29) is 0 Å². The summed E-state index contributed by atoms with van der Waals surface area (Å²) in [5.74, 6) is 0.792. The zero-order valence-electron chi connectivity index (χ0n) is 12.8. The van der Waals surface area contributed by atoms with Gasteiger partial charge in [0.1, 0.15) is 0 Å². The van der Waals surface area contributed by atoms with Gasteiger partial charge in [-0.25, -0.2) is 9.97 Å². The lowest BCUT2D eigenvalue weighted by Crippen LogP contribution is -2.06. The molecule has 5 heteroatoms. The Kier molecular flexibility index (Phi) is 3.22. The summed E-state index contributed by atoms with van der Waals surface area (Å²) in [7, 11) is 0. The lowest BCUT2D eigenvalue weighted by atomic mass is 10.0. The van der Waals surface area contributed by atoms with Gasteiger partial charge in [0, 0.05) is 23.8 Å². The number of fused-ring (bicyclic) bond motifs is 1. The maximum atomic E-state index is 5.85. The normalized spacial score (nSPS) is 11.3. The Morgan fingerprint density at radius 1 is 1.14 bits per heavy atom. The molecular formula is C16H19N5. The van der Waals surface area contributed by atoms with Crippen LogP contribution >= 0.6 is 0 Å². The van der Waals surface area contributed by atoms with Crippen LogP contribution in [0.1, 0.15) is 28.1 Å². The molecule has 0 unspecified atom stereocenters. The summed E-state index contributed by atoms with van der Waals surface area (Å²) in [4.78, 5) is 9.13. The topological polar surface area (TPSA) is 69.6 Å². The molecule has 0 saturated heterocycles. The first-order valence-electron chi connectivity index (χ1n) is 7.01. The number of nitrogens with two attached hydrogens (primary N) is 1. The quantitative estimate of drug-likeness (QED) is 0.783. The zero-order chi connectivity index (χ0) is 15.1. The minimum atomic E-state index is 0.494. The Morgan fingerprint density at radius 2 is 1.90 bits per heavy atom. The van der Waals surface area contributed by atoms with Crippen LogP contribution < -0.4 is 5.73 Å². The minimum Gasteiger partial charge on any atom is -0.326 e. The first-order valence-corrected chi connectivity index (χ1v) is 7.01. The highest BCUT2D eigenvalue weighted by atomic mass is 15.3. The first kappa shape index (κ1) is 13.7. The van der Waals surface area contributed by atoms with Crippen molar-refractivity contribution in [2.75, 3.05) is 0 Å². The van der Waals surface area contributed by atoms with Crippen LogP contribution in [0.5, 0.6) is 0 Å². The summed E-state index contributed by atoms with van der Waals surface area (Å²) in [6.45, 7) is 8.61. The van der Waals surface area contributed by atoms with Crippen LogP contribution in [-0.2, 0) is 6.54 Å². The van der Waals surface area contributed by atoms with E-state index in [2.05, 4.69) is 17.0 Å². The monoisotopic (exact) mass is 281 g/mol. The van der Waals surface area contributed by atoms with Crippen molar-refractivity contribution in [3.63, 3.8) is 0 Å². The third kappa shape index (κ3) is 2.10. The zero-order valence-corrected chi connectivity index (χ0v) is 12.8. The Balaban J connectivity index is 2.36. The van der Waals surface area contributed by atoms with E-state index in [1.54, 1.807) is 6.20 Å². The Hall–Kier alpha value is -2.27. The fraction of sp³-hybridized carbons (Fsp3) is 0.312. The average Bonchev–Trinajstić information content (AvgIpc) is 2.76. The minimum absolute atomic E-state index is 0.494. The van der Waals surface area contributed by atoms with Crippen molar-refractivity contribution in [1.82, 2.24) is 19.7 Å². The Labute approximate surface area is 123 Å². The summed E-state index contributed by atoms with van der Waals surface area (Å²) in [6.07, 6.45) is 1.79.